The van der Waals surface area contributed by atoms with Crippen molar-refractivity contribution in [2.24, 2.45) is 0 Å². The van der Waals surface area contributed by atoms with Crippen LogP contribution in [0.25, 0.3) is 0 Å². The van der Waals surface area contributed by atoms with Gasteiger partial charge in [0.1, 0.15) is 17.8 Å². The van der Waals surface area contributed by atoms with Gasteiger partial charge in [0.2, 0.25) is 0 Å². The molecule has 0 saturated carbocycles. The molecule has 0 aromatic carbocycles. The zero-order valence-corrected chi connectivity index (χ0v) is 9.26. The molecule has 0 radical (unpaired) electrons. The van der Waals surface area contributed by atoms with Crippen LogP contribution in [0.2, 0.25) is 5.02 Å². The largest absolute Gasteiger partial charge is 0.324 e. The first-order valence-corrected chi connectivity index (χ1v) is 5.02. The third-order valence-electron chi connectivity index (χ3n) is 1.96. The standard InChI is InChI=1S/C10H7ClN4O2/c11-8-2-1-5-12-10(8)14-9-4-3-7(6-13-9)15(16)17/h1-6H,(H,12,13,14). The lowest BCUT2D eigenvalue weighted by molar-refractivity contribution is -0.385. The maximum Gasteiger partial charge on any atom is 0.287 e. The molecule has 6 nitrogen and oxygen atoms in total. The van der Waals surface area contributed by atoms with E-state index in [-0.39, 0.29) is 5.69 Å². The summed E-state index contributed by atoms with van der Waals surface area (Å²) in [6, 6.07) is 6.23. The highest BCUT2D eigenvalue weighted by atomic mass is 35.5. The molecule has 2 aromatic heterocycles. The van der Waals surface area contributed by atoms with Crippen molar-refractivity contribution in [3.8, 4) is 0 Å². The van der Waals surface area contributed by atoms with Gasteiger partial charge >= 0.3 is 0 Å². The Morgan fingerprint density at radius 1 is 1.29 bits per heavy atom. The van der Waals surface area contributed by atoms with Crippen LogP contribution < -0.4 is 5.32 Å². The normalized spacial score (nSPS) is 9.94. The van der Waals surface area contributed by atoms with E-state index in [1.165, 1.54) is 18.3 Å². The van der Waals surface area contributed by atoms with Crippen molar-refractivity contribution >= 4 is 28.9 Å². The summed E-state index contributed by atoms with van der Waals surface area (Å²) < 4.78 is 0. The fourth-order valence-electron chi connectivity index (χ4n) is 1.17. The quantitative estimate of drug-likeness (QED) is 0.669. The number of pyridine rings is 2. The Morgan fingerprint density at radius 2 is 2.12 bits per heavy atom. The van der Waals surface area contributed by atoms with Crippen molar-refractivity contribution in [3.05, 3.63) is 51.8 Å². The number of aromatic nitrogens is 2. The summed E-state index contributed by atoms with van der Waals surface area (Å²) in [5.74, 6) is 0.895. The molecule has 0 spiro atoms. The average molecular weight is 251 g/mol. The Labute approximate surface area is 101 Å². The highest BCUT2D eigenvalue weighted by molar-refractivity contribution is 6.33. The summed E-state index contributed by atoms with van der Waals surface area (Å²) in [4.78, 5) is 17.8. The third kappa shape index (κ3) is 2.67. The maximum atomic E-state index is 10.4. The molecule has 0 bridgehead atoms. The highest BCUT2D eigenvalue weighted by Gasteiger charge is 2.06. The predicted molar refractivity (Wildman–Crippen MR) is 63.4 cm³/mol. The molecule has 0 saturated heterocycles. The molecule has 1 N–H and O–H groups in total. The van der Waals surface area contributed by atoms with Crippen LogP contribution in [0.15, 0.2) is 36.7 Å². The molecule has 0 fully saturated rings. The van der Waals surface area contributed by atoms with E-state index in [1.807, 2.05) is 0 Å². The van der Waals surface area contributed by atoms with Gasteiger partial charge in [0.15, 0.2) is 0 Å². The van der Waals surface area contributed by atoms with Crippen molar-refractivity contribution in [1.82, 2.24) is 9.97 Å². The summed E-state index contributed by atoms with van der Waals surface area (Å²) >= 11 is 5.89. The Kier molecular flexibility index (Phi) is 3.15. The minimum absolute atomic E-state index is 0.0670. The monoisotopic (exact) mass is 250 g/mol. The molecular formula is C10H7ClN4O2. The smallest absolute Gasteiger partial charge is 0.287 e. The number of anilines is 2. The van der Waals surface area contributed by atoms with Crippen LogP contribution >= 0.6 is 11.6 Å². The zero-order chi connectivity index (χ0) is 12.3. The minimum atomic E-state index is -0.509. The SMILES string of the molecule is O=[N+]([O-])c1ccc(Nc2ncccc2Cl)nc1. The van der Waals surface area contributed by atoms with Gasteiger partial charge in [-0.2, -0.15) is 0 Å². The van der Waals surface area contributed by atoms with Gasteiger partial charge in [0, 0.05) is 12.3 Å². The average Bonchev–Trinajstić information content (AvgIpc) is 2.33. The summed E-state index contributed by atoms with van der Waals surface area (Å²) in [6.07, 6.45) is 2.75. The summed E-state index contributed by atoms with van der Waals surface area (Å²) in [5, 5.41) is 13.7. The molecule has 0 unspecified atom stereocenters. The predicted octanol–water partition coefficient (Wildman–Crippen LogP) is 2.78. The topological polar surface area (TPSA) is 81.0 Å². The van der Waals surface area contributed by atoms with E-state index < -0.39 is 4.92 Å². The van der Waals surface area contributed by atoms with E-state index in [0.29, 0.717) is 16.7 Å². The molecule has 0 atom stereocenters. The number of halogens is 1. The van der Waals surface area contributed by atoms with Crippen LogP contribution in [0.3, 0.4) is 0 Å². The highest BCUT2D eigenvalue weighted by Crippen LogP contribution is 2.21. The number of nitrogens with one attached hydrogen (secondary N) is 1. The van der Waals surface area contributed by atoms with Crippen molar-refractivity contribution < 1.29 is 4.92 Å². The lowest BCUT2D eigenvalue weighted by Crippen LogP contribution is -1.97. The van der Waals surface area contributed by atoms with Crippen LogP contribution in [0, 0.1) is 10.1 Å². The lowest BCUT2D eigenvalue weighted by Gasteiger charge is -2.05. The van der Waals surface area contributed by atoms with Crippen LogP contribution in [0.4, 0.5) is 17.3 Å². The van der Waals surface area contributed by atoms with E-state index in [2.05, 4.69) is 15.3 Å². The molecule has 0 amide bonds. The van der Waals surface area contributed by atoms with Gasteiger partial charge in [-0.15, -0.1) is 0 Å². The van der Waals surface area contributed by atoms with Gasteiger partial charge in [-0.3, -0.25) is 10.1 Å². The third-order valence-corrected chi connectivity index (χ3v) is 2.27. The first-order valence-electron chi connectivity index (χ1n) is 4.65. The fraction of sp³-hybridized carbons (Fsp3) is 0. The van der Waals surface area contributed by atoms with Crippen molar-refractivity contribution in [3.63, 3.8) is 0 Å². The summed E-state index contributed by atoms with van der Waals surface area (Å²) in [6.45, 7) is 0. The second-order valence-corrected chi connectivity index (χ2v) is 3.52. The second-order valence-electron chi connectivity index (χ2n) is 3.12. The van der Waals surface area contributed by atoms with E-state index in [0.717, 1.165) is 0 Å². The van der Waals surface area contributed by atoms with Gasteiger partial charge in [0.25, 0.3) is 5.69 Å². The van der Waals surface area contributed by atoms with E-state index in [9.17, 15) is 10.1 Å². The molecule has 17 heavy (non-hydrogen) atoms. The molecular weight excluding hydrogens is 244 g/mol. The van der Waals surface area contributed by atoms with Crippen molar-refractivity contribution in [2.45, 2.75) is 0 Å². The number of nitrogens with zero attached hydrogens (tertiary/aromatic N) is 3. The lowest BCUT2D eigenvalue weighted by atomic mass is 10.4. The van der Waals surface area contributed by atoms with Gasteiger partial charge in [0.05, 0.1) is 9.95 Å². The van der Waals surface area contributed by atoms with Crippen LogP contribution in [-0.2, 0) is 0 Å². The molecule has 0 aliphatic rings. The molecule has 7 heteroatoms. The molecule has 0 aliphatic carbocycles. The second kappa shape index (κ2) is 4.75. The van der Waals surface area contributed by atoms with Gasteiger partial charge < -0.3 is 5.32 Å². The number of nitro groups is 1. The van der Waals surface area contributed by atoms with Crippen molar-refractivity contribution in [2.75, 3.05) is 5.32 Å². The molecule has 2 heterocycles. The maximum absolute atomic E-state index is 10.4. The Balaban J connectivity index is 2.20. The Bertz CT molecular complexity index is 544. The zero-order valence-electron chi connectivity index (χ0n) is 8.50. The Hall–Kier alpha value is -2.21. The molecule has 86 valence electrons. The Morgan fingerprint density at radius 3 is 2.71 bits per heavy atom. The molecule has 2 rings (SSSR count). The van der Waals surface area contributed by atoms with E-state index in [1.54, 1.807) is 18.3 Å². The van der Waals surface area contributed by atoms with E-state index in [4.69, 9.17) is 11.6 Å². The molecule has 0 aliphatic heterocycles. The van der Waals surface area contributed by atoms with Gasteiger partial charge in [-0.25, -0.2) is 9.97 Å². The van der Waals surface area contributed by atoms with E-state index >= 15 is 0 Å². The number of hydrogen-bond donors (Lipinski definition) is 1. The first kappa shape index (κ1) is 11.3. The minimum Gasteiger partial charge on any atom is -0.324 e. The van der Waals surface area contributed by atoms with Crippen LogP contribution in [-0.4, -0.2) is 14.9 Å². The van der Waals surface area contributed by atoms with Crippen molar-refractivity contribution in [1.29, 1.82) is 0 Å². The summed E-state index contributed by atoms with van der Waals surface area (Å²) in [7, 11) is 0. The molecule has 2 aromatic rings. The van der Waals surface area contributed by atoms with Crippen LogP contribution in [0.5, 0.6) is 0 Å². The fourth-order valence-corrected chi connectivity index (χ4v) is 1.34. The van der Waals surface area contributed by atoms with Gasteiger partial charge in [-0.05, 0) is 18.2 Å². The number of rotatable bonds is 3. The van der Waals surface area contributed by atoms with Gasteiger partial charge in [-0.1, -0.05) is 11.6 Å². The summed E-state index contributed by atoms with van der Waals surface area (Å²) in [5.41, 5.74) is -0.0670. The first-order chi connectivity index (χ1) is 8.16. The number of hydrogen-bond acceptors (Lipinski definition) is 5. The van der Waals surface area contributed by atoms with Crippen LogP contribution in [0.1, 0.15) is 0 Å².